The molecule has 4 nitrogen and oxygen atoms in total. The van der Waals surface area contributed by atoms with Crippen LogP contribution in [0.5, 0.6) is 0 Å². The summed E-state index contributed by atoms with van der Waals surface area (Å²) in [6, 6.07) is 9.76. The minimum absolute atomic E-state index is 0.0700. The summed E-state index contributed by atoms with van der Waals surface area (Å²) in [5, 5.41) is 0. The van der Waals surface area contributed by atoms with Gasteiger partial charge in [-0.1, -0.05) is 54.6 Å². The van der Waals surface area contributed by atoms with Crippen molar-refractivity contribution in [3.63, 3.8) is 0 Å². The maximum atomic E-state index is 12.0. The molecule has 0 unspecified atom stereocenters. The molecule has 0 fully saturated rings. The first kappa shape index (κ1) is 15.0. The Morgan fingerprint density at radius 2 is 1.52 bits per heavy atom. The number of carbonyl (C=O) groups excluding carboxylic acids is 2. The molecule has 0 aromatic heterocycles. The summed E-state index contributed by atoms with van der Waals surface area (Å²) in [6.07, 6.45) is 7.60. The van der Waals surface area contributed by atoms with Crippen molar-refractivity contribution in [3.05, 3.63) is 60.2 Å². The van der Waals surface area contributed by atoms with E-state index in [4.69, 9.17) is 9.47 Å². The third kappa shape index (κ3) is 3.21. The van der Waals surface area contributed by atoms with Gasteiger partial charge >= 0.3 is 11.9 Å². The summed E-state index contributed by atoms with van der Waals surface area (Å²) in [5.74, 6) is -2.51. The van der Waals surface area contributed by atoms with Crippen LogP contribution in [-0.4, -0.2) is 26.2 Å². The monoisotopic (exact) mass is 286 g/mol. The fourth-order valence-corrected chi connectivity index (χ4v) is 2.62. The van der Waals surface area contributed by atoms with Crippen LogP contribution in [-0.2, 0) is 19.1 Å². The van der Waals surface area contributed by atoms with Crippen molar-refractivity contribution >= 4 is 11.9 Å². The van der Waals surface area contributed by atoms with E-state index in [2.05, 4.69) is 0 Å². The number of esters is 2. The maximum Gasteiger partial charge on any atom is 0.320 e. The van der Waals surface area contributed by atoms with Gasteiger partial charge in [-0.3, -0.25) is 9.59 Å². The Labute approximate surface area is 124 Å². The molecule has 21 heavy (non-hydrogen) atoms. The van der Waals surface area contributed by atoms with E-state index < -0.39 is 17.9 Å². The zero-order chi connectivity index (χ0) is 15.2. The average Bonchev–Trinajstić information content (AvgIpc) is 2.56. The minimum atomic E-state index is -0.966. The molecule has 1 aromatic carbocycles. The Hall–Kier alpha value is -2.36. The number of hydrogen-bond acceptors (Lipinski definition) is 4. The van der Waals surface area contributed by atoms with Crippen LogP contribution < -0.4 is 0 Å². The molecule has 0 spiro atoms. The second-order valence-electron chi connectivity index (χ2n) is 4.81. The van der Waals surface area contributed by atoms with Gasteiger partial charge in [0.05, 0.1) is 14.2 Å². The third-order valence-corrected chi connectivity index (χ3v) is 3.66. The Kier molecular flexibility index (Phi) is 4.93. The van der Waals surface area contributed by atoms with E-state index in [1.807, 2.05) is 54.6 Å². The highest BCUT2D eigenvalue weighted by Gasteiger charge is 2.40. The fourth-order valence-electron chi connectivity index (χ4n) is 2.62. The number of methoxy groups -OCH3 is 2. The number of carbonyl (C=O) groups is 2. The quantitative estimate of drug-likeness (QED) is 0.630. The number of rotatable bonds is 4. The lowest BCUT2D eigenvalue weighted by Gasteiger charge is -2.28. The standard InChI is InChI=1S/C17H18O4/c1-20-16(18)15(17(19)21-2)14-11-7-6-10-13(14)12-8-4-3-5-9-12/h3-11,13-15H,1-2H3/t13-,14-/m0/s1. The predicted molar refractivity (Wildman–Crippen MR) is 78.5 cm³/mol. The molecule has 0 saturated heterocycles. The van der Waals surface area contributed by atoms with Crippen LogP contribution in [0.15, 0.2) is 54.6 Å². The molecule has 0 heterocycles. The molecule has 2 rings (SSSR count). The van der Waals surface area contributed by atoms with Gasteiger partial charge in [-0.15, -0.1) is 0 Å². The largest absolute Gasteiger partial charge is 0.468 e. The van der Waals surface area contributed by atoms with Crippen molar-refractivity contribution in [1.82, 2.24) is 0 Å². The van der Waals surface area contributed by atoms with Crippen molar-refractivity contribution in [2.24, 2.45) is 11.8 Å². The Morgan fingerprint density at radius 1 is 0.952 bits per heavy atom. The van der Waals surface area contributed by atoms with Crippen LogP contribution in [0.1, 0.15) is 11.5 Å². The van der Waals surface area contributed by atoms with Crippen molar-refractivity contribution in [3.8, 4) is 0 Å². The third-order valence-electron chi connectivity index (χ3n) is 3.66. The summed E-state index contributed by atoms with van der Waals surface area (Å²) in [4.78, 5) is 24.0. The molecule has 0 saturated carbocycles. The predicted octanol–water partition coefficient (Wildman–Crippen LogP) is 2.47. The van der Waals surface area contributed by atoms with E-state index >= 15 is 0 Å². The van der Waals surface area contributed by atoms with Gasteiger partial charge in [-0.05, 0) is 5.56 Å². The van der Waals surface area contributed by atoms with Crippen LogP contribution in [0.2, 0.25) is 0 Å². The molecule has 0 aliphatic heterocycles. The van der Waals surface area contributed by atoms with Crippen LogP contribution in [0.3, 0.4) is 0 Å². The van der Waals surface area contributed by atoms with Crippen LogP contribution >= 0.6 is 0 Å². The van der Waals surface area contributed by atoms with Gasteiger partial charge in [0.1, 0.15) is 0 Å². The number of benzene rings is 1. The van der Waals surface area contributed by atoms with Crippen molar-refractivity contribution in [2.45, 2.75) is 5.92 Å². The molecule has 0 N–H and O–H groups in total. The summed E-state index contributed by atoms with van der Waals surface area (Å²) in [7, 11) is 2.55. The molecule has 4 heteroatoms. The highest BCUT2D eigenvalue weighted by atomic mass is 16.5. The maximum absolute atomic E-state index is 12.0. The molecule has 0 radical (unpaired) electrons. The molecule has 1 aromatic rings. The molecule has 110 valence electrons. The van der Waals surface area contributed by atoms with Gasteiger partial charge in [-0.25, -0.2) is 0 Å². The molecular weight excluding hydrogens is 268 g/mol. The molecule has 0 bridgehead atoms. The first-order valence-electron chi connectivity index (χ1n) is 6.74. The lowest BCUT2D eigenvalue weighted by atomic mass is 9.75. The molecule has 2 atom stereocenters. The van der Waals surface area contributed by atoms with Gasteiger partial charge in [-0.2, -0.15) is 0 Å². The summed E-state index contributed by atoms with van der Waals surface area (Å²) in [5.41, 5.74) is 1.04. The zero-order valence-electron chi connectivity index (χ0n) is 12.1. The second-order valence-corrected chi connectivity index (χ2v) is 4.81. The van der Waals surface area contributed by atoms with E-state index in [0.29, 0.717) is 0 Å². The van der Waals surface area contributed by atoms with E-state index in [0.717, 1.165) is 5.56 Å². The van der Waals surface area contributed by atoms with Crippen LogP contribution in [0, 0.1) is 11.8 Å². The molecule has 0 amide bonds. The first-order valence-corrected chi connectivity index (χ1v) is 6.74. The van der Waals surface area contributed by atoms with Crippen LogP contribution in [0.25, 0.3) is 0 Å². The Morgan fingerprint density at radius 3 is 2.10 bits per heavy atom. The topological polar surface area (TPSA) is 52.6 Å². The van der Waals surface area contributed by atoms with Gasteiger partial charge in [0, 0.05) is 11.8 Å². The first-order chi connectivity index (χ1) is 10.2. The van der Waals surface area contributed by atoms with Gasteiger partial charge in [0.25, 0.3) is 0 Å². The summed E-state index contributed by atoms with van der Waals surface area (Å²) >= 11 is 0. The fraction of sp³-hybridized carbons (Fsp3) is 0.294. The minimum Gasteiger partial charge on any atom is -0.468 e. The smallest absolute Gasteiger partial charge is 0.320 e. The van der Waals surface area contributed by atoms with Crippen LogP contribution in [0.4, 0.5) is 0 Å². The summed E-state index contributed by atoms with van der Waals surface area (Å²) < 4.78 is 9.55. The Balaban J connectivity index is 2.37. The van der Waals surface area contributed by atoms with E-state index in [9.17, 15) is 9.59 Å². The van der Waals surface area contributed by atoms with Gasteiger partial charge < -0.3 is 9.47 Å². The number of ether oxygens (including phenoxy) is 2. The number of allylic oxidation sites excluding steroid dienone is 4. The van der Waals surface area contributed by atoms with Gasteiger partial charge in [0.15, 0.2) is 5.92 Å². The molecular formula is C17H18O4. The van der Waals surface area contributed by atoms with Crippen molar-refractivity contribution in [2.75, 3.05) is 14.2 Å². The highest BCUT2D eigenvalue weighted by Crippen LogP contribution is 2.36. The van der Waals surface area contributed by atoms with Gasteiger partial charge in [0.2, 0.25) is 0 Å². The molecule has 1 aliphatic carbocycles. The van der Waals surface area contributed by atoms with E-state index in [-0.39, 0.29) is 11.8 Å². The van der Waals surface area contributed by atoms with E-state index in [1.165, 1.54) is 14.2 Å². The lowest BCUT2D eigenvalue weighted by molar-refractivity contribution is -0.160. The highest BCUT2D eigenvalue weighted by molar-refractivity contribution is 5.95. The Bertz CT molecular complexity index is 543. The summed E-state index contributed by atoms with van der Waals surface area (Å²) in [6.45, 7) is 0. The second kappa shape index (κ2) is 6.88. The van der Waals surface area contributed by atoms with Crippen molar-refractivity contribution in [1.29, 1.82) is 0 Å². The van der Waals surface area contributed by atoms with E-state index in [1.54, 1.807) is 0 Å². The average molecular weight is 286 g/mol. The van der Waals surface area contributed by atoms with Crippen molar-refractivity contribution < 1.29 is 19.1 Å². The normalized spacial score (nSPS) is 20.3. The zero-order valence-corrected chi connectivity index (χ0v) is 12.1. The SMILES string of the molecule is COC(=O)C(C(=O)OC)[C@H]1C=CC=C[C@H]1c1ccccc1. The number of hydrogen-bond donors (Lipinski definition) is 0. The molecule has 1 aliphatic rings. The lowest BCUT2D eigenvalue weighted by Crippen LogP contribution is -2.35.